The van der Waals surface area contributed by atoms with Gasteiger partial charge in [0.05, 0.1) is 0 Å². The van der Waals surface area contributed by atoms with Gasteiger partial charge in [-0.05, 0) is 6.42 Å². The van der Waals surface area contributed by atoms with Gasteiger partial charge in [-0.3, -0.25) is 0 Å². The molecule has 0 N–H and O–H groups in total. The number of hydrogen-bond donors (Lipinski definition) is 0. The van der Waals surface area contributed by atoms with E-state index in [1.165, 1.54) is 17.9 Å². The van der Waals surface area contributed by atoms with Gasteiger partial charge < -0.3 is 0 Å². The Labute approximate surface area is 85.6 Å². The minimum absolute atomic E-state index is 1.03. The highest BCUT2D eigenvalue weighted by Crippen LogP contribution is 2.79. The molecule has 1 rings (SSSR count). The fraction of sp³-hybridized carbons (Fsp3) is 0.667. The van der Waals surface area contributed by atoms with Crippen molar-refractivity contribution in [1.82, 2.24) is 0 Å². The second-order valence-electron chi connectivity index (χ2n) is 2.05. The van der Waals surface area contributed by atoms with Gasteiger partial charge in [-0.1, -0.05) is 17.9 Å². The van der Waals surface area contributed by atoms with Crippen molar-refractivity contribution in [2.75, 3.05) is 17.3 Å². The van der Waals surface area contributed by atoms with Crippen LogP contribution in [0.5, 0.6) is 0 Å². The lowest BCUT2D eigenvalue weighted by atomic mass is 10.6. The molecule has 0 aliphatic carbocycles. The maximum absolute atomic E-state index is 5.57. The van der Waals surface area contributed by atoms with E-state index in [-0.39, 0.29) is 0 Å². The Kier molecular flexibility index (Phi) is 5.00. The molecule has 0 aromatic heterocycles. The average Bonchev–Trinajstić information content (AvgIpc) is 2.03. The monoisotopic (exact) mass is 242 g/mol. The summed E-state index contributed by atoms with van der Waals surface area (Å²) < 4.78 is -1.12. The molecule has 0 radical (unpaired) electrons. The summed E-state index contributed by atoms with van der Waals surface area (Å²) in [7, 11) is 0. The topological polar surface area (TPSA) is 0 Å². The zero-order valence-electron chi connectivity index (χ0n) is 6.19. The summed E-state index contributed by atoms with van der Waals surface area (Å²) in [5, 5.41) is 0. The van der Waals surface area contributed by atoms with Gasteiger partial charge in [-0.25, -0.2) is 0 Å². The third-order valence-corrected chi connectivity index (χ3v) is 16.3. The number of rotatable bonds is 3. The van der Waals surface area contributed by atoms with Crippen LogP contribution in [0.1, 0.15) is 6.42 Å². The quantitative estimate of drug-likeness (QED) is 0.541. The molecule has 0 aromatic carbocycles. The minimum atomic E-state index is -1.12. The molecule has 0 amide bonds. The first-order chi connectivity index (χ1) is 5.27. The van der Waals surface area contributed by atoms with E-state index >= 15 is 0 Å². The van der Waals surface area contributed by atoms with Crippen molar-refractivity contribution in [3.05, 3.63) is 12.7 Å². The fourth-order valence-electron chi connectivity index (χ4n) is 0.667. The van der Waals surface area contributed by atoms with Crippen LogP contribution in [-0.2, 0) is 11.8 Å². The molecular formula is C6H11PS4. The largest absolute Gasteiger partial charge is 0.109 e. The van der Waals surface area contributed by atoms with Crippen molar-refractivity contribution in [3.8, 4) is 0 Å². The summed E-state index contributed by atoms with van der Waals surface area (Å²) in [5.41, 5.74) is 0. The van der Waals surface area contributed by atoms with Crippen LogP contribution in [0.3, 0.4) is 0 Å². The third-order valence-electron chi connectivity index (χ3n) is 1.14. The van der Waals surface area contributed by atoms with E-state index in [9.17, 15) is 0 Å². The number of hydrogen-bond acceptors (Lipinski definition) is 4. The Balaban J connectivity index is 2.37. The van der Waals surface area contributed by atoms with E-state index < -0.39 is 3.64 Å². The molecule has 0 saturated carbocycles. The molecule has 1 aliphatic rings. The van der Waals surface area contributed by atoms with Crippen molar-refractivity contribution in [3.63, 3.8) is 0 Å². The fourth-order valence-corrected chi connectivity index (χ4v) is 13.7. The highest BCUT2D eigenvalue weighted by atomic mass is 33.5. The molecule has 1 saturated heterocycles. The molecule has 1 heterocycles. The normalized spacial score (nSPS) is 22.9. The minimum Gasteiger partial charge on any atom is -0.104 e. The molecule has 0 unspecified atom stereocenters. The van der Waals surface area contributed by atoms with E-state index in [1.807, 2.05) is 40.2 Å². The van der Waals surface area contributed by atoms with E-state index in [0.717, 1.165) is 5.75 Å². The van der Waals surface area contributed by atoms with Crippen LogP contribution < -0.4 is 0 Å². The lowest BCUT2D eigenvalue weighted by Gasteiger charge is -2.23. The molecule has 0 aromatic rings. The summed E-state index contributed by atoms with van der Waals surface area (Å²) in [4.78, 5) is 0. The smallest absolute Gasteiger partial charge is 0.104 e. The Hall–Kier alpha value is 1.44. The first-order valence-electron chi connectivity index (χ1n) is 3.41. The van der Waals surface area contributed by atoms with Gasteiger partial charge in [0.1, 0.15) is 3.64 Å². The summed E-state index contributed by atoms with van der Waals surface area (Å²) in [6.45, 7) is 3.71. The van der Waals surface area contributed by atoms with Crippen molar-refractivity contribution < 1.29 is 0 Å². The van der Waals surface area contributed by atoms with Gasteiger partial charge in [0, 0.05) is 17.3 Å². The van der Waals surface area contributed by atoms with Gasteiger partial charge in [0.25, 0.3) is 0 Å². The molecule has 0 nitrogen and oxygen atoms in total. The predicted octanol–water partition coefficient (Wildman–Crippen LogP) is 4.00. The second kappa shape index (κ2) is 5.23. The predicted molar refractivity (Wildman–Crippen MR) is 66.5 cm³/mol. The van der Waals surface area contributed by atoms with E-state index in [2.05, 4.69) is 6.58 Å². The molecule has 11 heavy (non-hydrogen) atoms. The van der Waals surface area contributed by atoms with Crippen LogP contribution in [0.15, 0.2) is 12.7 Å². The summed E-state index contributed by atoms with van der Waals surface area (Å²) in [6.07, 6.45) is 3.29. The van der Waals surface area contributed by atoms with E-state index in [1.54, 1.807) is 0 Å². The van der Waals surface area contributed by atoms with Gasteiger partial charge >= 0.3 is 0 Å². The van der Waals surface area contributed by atoms with E-state index in [4.69, 9.17) is 11.8 Å². The Morgan fingerprint density at radius 1 is 1.55 bits per heavy atom. The standard InChI is InChI=1S/C6H11PS4/c1-2-4-9-7(8)10-5-3-6-11-7/h2H,1,3-6H2. The Morgan fingerprint density at radius 3 is 2.73 bits per heavy atom. The van der Waals surface area contributed by atoms with Crippen molar-refractivity contribution >= 4 is 49.6 Å². The van der Waals surface area contributed by atoms with Crippen LogP contribution in [0.2, 0.25) is 0 Å². The highest BCUT2D eigenvalue weighted by molar-refractivity contribution is 9.23. The molecule has 64 valence electrons. The Bertz CT molecular complexity index is 169. The Morgan fingerprint density at radius 2 is 2.18 bits per heavy atom. The van der Waals surface area contributed by atoms with Crippen molar-refractivity contribution in [1.29, 1.82) is 0 Å². The van der Waals surface area contributed by atoms with Crippen LogP contribution in [0, 0.1) is 0 Å². The first kappa shape index (κ1) is 10.5. The average molecular weight is 242 g/mol. The second-order valence-corrected chi connectivity index (χ2v) is 17.9. The summed E-state index contributed by atoms with van der Waals surface area (Å²) in [6, 6.07) is 0. The summed E-state index contributed by atoms with van der Waals surface area (Å²) in [5.74, 6) is 3.57. The molecule has 1 aliphatic heterocycles. The van der Waals surface area contributed by atoms with Crippen LogP contribution in [0.4, 0.5) is 0 Å². The van der Waals surface area contributed by atoms with Crippen molar-refractivity contribution in [2.24, 2.45) is 0 Å². The maximum atomic E-state index is 5.57. The molecule has 5 heteroatoms. The van der Waals surface area contributed by atoms with Gasteiger partial charge in [-0.2, -0.15) is 0 Å². The van der Waals surface area contributed by atoms with Crippen LogP contribution >= 0.6 is 37.8 Å². The zero-order chi connectivity index (χ0) is 8.16. The molecule has 0 bridgehead atoms. The molecule has 0 spiro atoms. The van der Waals surface area contributed by atoms with E-state index in [0.29, 0.717) is 0 Å². The molecule has 1 fully saturated rings. The first-order valence-corrected chi connectivity index (χ1v) is 11.0. The lowest BCUT2D eigenvalue weighted by molar-refractivity contribution is 1.13. The van der Waals surface area contributed by atoms with Gasteiger partial charge in [0.15, 0.2) is 0 Å². The highest BCUT2D eigenvalue weighted by Gasteiger charge is 2.21. The van der Waals surface area contributed by atoms with Crippen LogP contribution in [0.25, 0.3) is 0 Å². The van der Waals surface area contributed by atoms with Crippen LogP contribution in [-0.4, -0.2) is 17.3 Å². The maximum Gasteiger partial charge on any atom is 0.109 e. The third kappa shape index (κ3) is 3.77. The SMILES string of the molecule is C=CCSP1(=S)SCCCS1. The molecular weight excluding hydrogens is 231 g/mol. The molecule has 0 atom stereocenters. The van der Waals surface area contributed by atoms with Gasteiger partial charge in [-0.15, -0.1) is 40.7 Å². The van der Waals surface area contributed by atoms with Crippen molar-refractivity contribution in [2.45, 2.75) is 6.42 Å². The van der Waals surface area contributed by atoms with Gasteiger partial charge in [0.2, 0.25) is 0 Å². The summed E-state index contributed by atoms with van der Waals surface area (Å²) >= 11 is 11.5. The lowest BCUT2D eigenvalue weighted by Crippen LogP contribution is -1.88. The zero-order valence-corrected chi connectivity index (χ0v) is 10.4.